The number of carbonyl (C=O) groups is 2. The quantitative estimate of drug-likeness (QED) is 0.299. The number of amides is 2. The SMILES string of the molecule is CC[C@@H](C)NC(=O)[C@H](CC)N(Cc1ccccc1)C(=O)CN(c1cc(C)ccc1OC)S(=O)(=O)c1ccc(C)cc1. The van der Waals surface area contributed by atoms with E-state index in [1.54, 1.807) is 24.3 Å². The second-order valence-corrected chi connectivity index (χ2v) is 12.1. The Morgan fingerprint density at radius 2 is 1.54 bits per heavy atom. The highest BCUT2D eigenvalue weighted by Gasteiger charge is 2.35. The molecule has 0 saturated carbocycles. The maximum atomic E-state index is 14.2. The highest BCUT2D eigenvalue weighted by molar-refractivity contribution is 7.92. The number of methoxy groups -OCH3 is 1. The zero-order valence-electron chi connectivity index (χ0n) is 24.8. The van der Waals surface area contributed by atoms with Crippen molar-refractivity contribution >= 4 is 27.5 Å². The molecule has 0 aliphatic rings. The van der Waals surface area contributed by atoms with Crippen LogP contribution in [0.5, 0.6) is 5.75 Å². The number of aryl methyl sites for hydroxylation is 2. The highest BCUT2D eigenvalue weighted by atomic mass is 32.2. The van der Waals surface area contributed by atoms with Crippen LogP contribution in [0.1, 0.15) is 50.3 Å². The number of benzene rings is 3. The monoisotopic (exact) mass is 579 g/mol. The first kappa shape index (κ1) is 31.7. The van der Waals surface area contributed by atoms with Crippen LogP contribution >= 0.6 is 0 Å². The molecular formula is C32H41N3O5S. The van der Waals surface area contributed by atoms with Gasteiger partial charge < -0.3 is 15.0 Å². The molecule has 0 saturated heterocycles. The lowest BCUT2D eigenvalue weighted by Gasteiger charge is -2.34. The van der Waals surface area contributed by atoms with E-state index >= 15 is 0 Å². The molecule has 9 heteroatoms. The summed E-state index contributed by atoms with van der Waals surface area (Å²) in [4.78, 5) is 29.1. The normalized spacial score (nSPS) is 12.7. The van der Waals surface area contributed by atoms with Crippen molar-refractivity contribution in [3.05, 3.63) is 89.5 Å². The first-order chi connectivity index (χ1) is 19.5. The molecule has 0 spiro atoms. The second kappa shape index (κ2) is 14.2. The van der Waals surface area contributed by atoms with E-state index in [0.717, 1.165) is 27.4 Å². The Hall–Kier alpha value is -3.85. The van der Waals surface area contributed by atoms with Crippen LogP contribution < -0.4 is 14.4 Å². The number of sulfonamides is 1. The lowest BCUT2D eigenvalue weighted by molar-refractivity contribution is -0.140. The van der Waals surface area contributed by atoms with E-state index in [2.05, 4.69) is 5.32 Å². The maximum Gasteiger partial charge on any atom is 0.264 e. The Labute approximate surface area is 244 Å². The van der Waals surface area contributed by atoms with Crippen molar-refractivity contribution in [3.63, 3.8) is 0 Å². The van der Waals surface area contributed by atoms with Crippen molar-refractivity contribution < 1.29 is 22.7 Å². The molecule has 2 atom stereocenters. The zero-order valence-corrected chi connectivity index (χ0v) is 25.6. The summed E-state index contributed by atoms with van der Waals surface area (Å²) < 4.78 is 34.9. The predicted molar refractivity (Wildman–Crippen MR) is 162 cm³/mol. The number of carbonyl (C=O) groups excluding carboxylic acids is 2. The van der Waals surface area contributed by atoms with Crippen LogP contribution in [0.2, 0.25) is 0 Å². The highest BCUT2D eigenvalue weighted by Crippen LogP contribution is 2.34. The molecular weight excluding hydrogens is 538 g/mol. The summed E-state index contributed by atoms with van der Waals surface area (Å²) in [6.07, 6.45) is 1.10. The molecule has 0 radical (unpaired) electrons. The molecule has 3 aromatic rings. The minimum Gasteiger partial charge on any atom is -0.495 e. The molecule has 220 valence electrons. The Bertz CT molecular complexity index is 1430. The molecule has 0 fully saturated rings. The minimum atomic E-state index is -4.19. The summed E-state index contributed by atoms with van der Waals surface area (Å²) >= 11 is 0. The molecule has 8 nitrogen and oxygen atoms in total. The summed E-state index contributed by atoms with van der Waals surface area (Å²) in [5.74, 6) is -0.457. The maximum absolute atomic E-state index is 14.2. The molecule has 3 rings (SSSR count). The third kappa shape index (κ3) is 7.88. The topological polar surface area (TPSA) is 96.0 Å². The van der Waals surface area contributed by atoms with Gasteiger partial charge in [0.1, 0.15) is 18.3 Å². The molecule has 0 aliphatic heterocycles. The third-order valence-corrected chi connectivity index (χ3v) is 8.85. The summed E-state index contributed by atoms with van der Waals surface area (Å²) in [5, 5.41) is 2.99. The molecule has 0 aromatic heterocycles. The number of rotatable bonds is 13. The fourth-order valence-corrected chi connectivity index (χ4v) is 5.90. The number of anilines is 1. The number of nitrogens with zero attached hydrogens (tertiary/aromatic N) is 2. The van der Waals surface area contributed by atoms with Crippen LogP contribution in [0.4, 0.5) is 5.69 Å². The van der Waals surface area contributed by atoms with Crippen LogP contribution in [0.3, 0.4) is 0 Å². The van der Waals surface area contributed by atoms with Gasteiger partial charge in [0.25, 0.3) is 10.0 Å². The van der Waals surface area contributed by atoms with Gasteiger partial charge in [0.05, 0.1) is 17.7 Å². The largest absolute Gasteiger partial charge is 0.495 e. The lowest BCUT2D eigenvalue weighted by atomic mass is 10.1. The molecule has 0 bridgehead atoms. The second-order valence-electron chi connectivity index (χ2n) is 10.2. The Morgan fingerprint density at radius 3 is 2.12 bits per heavy atom. The number of hydrogen-bond acceptors (Lipinski definition) is 5. The van der Waals surface area contributed by atoms with Gasteiger partial charge in [-0.25, -0.2) is 8.42 Å². The molecule has 0 heterocycles. The fourth-order valence-electron chi connectivity index (χ4n) is 4.49. The van der Waals surface area contributed by atoms with Crippen molar-refractivity contribution in [2.24, 2.45) is 0 Å². The summed E-state index contributed by atoms with van der Waals surface area (Å²) in [6.45, 7) is 9.07. The average molecular weight is 580 g/mol. The van der Waals surface area contributed by atoms with Gasteiger partial charge in [-0.3, -0.25) is 13.9 Å². The third-order valence-electron chi connectivity index (χ3n) is 7.07. The first-order valence-electron chi connectivity index (χ1n) is 13.9. The fraction of sp³-hybridized carbons (Fsp3) is 0.375. The summed E-state index contributed by atoms with van der Waals surface area (Å²) in [7, 11) is -2.73. The lowest BCUT2D eigenvalue weighted by Crippen LogP contribution is -2.53. The summed E-state index contributed by atoms with van der Waals surface area (Å²) in [6, 6.07) is 20.2. The van der Waals surface area contributed by atoms with Crippen molar-refractivity contribution in [1.82, 2.24) is 10.2 Å². The van der Waals surface area contributed by atoms with Gasteiger partial charge in [0.2, 0.25) is 11.8 Å². The van der Waals surface area contributed by atoms with Crippen molar-refractivity contribution in [2.45, 2.75) is 71.0 Å². The first-order valence-corrected chi connectivity index (χ1v) is 15.3. The molecule has 0 aliphatic carbocycles. The summed E-state index contributed by atoms with van der Waals surface area (Å²) in [5.41, 5.74) is 2.79. The van der Waals surface area contributed by atoms with Crippen molar-refractivity contribution in [1.29, 1.82) is 0 Å². The smallest absolute Gasteiger partial charge is 0.264 e. The molecule has 1 N–H and O–H groups in total. The van der Waals surface area contributed by atoms with Crippen LogP contribution in [-0.4, -0.2) is 50.9 Å². The van der Waals surface area contributed by atoms with Crippen LogP contribution in [0, 0.1) is 13.8 Å². The Kier molecular flexibility index (Phi) is 10.9. The van der Waals surface area contributed by atoms with Crippen LogP contribution in [-0.2, 0) is 26.2 Å². The minimum absolute atomic E-state index is 0.0515. The molecule has 3 aromatic carbocycles. The standard InChI is InChI=1S/C32H41N3O5S/c1-7-25(5)33-32(37)28(8-2)34(21-26-12-10-9-11-13-26)31(36)22-35(29-20-24(4)16-19-30(29)40-6)41(38,39)27-17-14-23(3)15-18-27/h9-20,25,28H,7-8,21-22H2,1-6H3,(H,33,37)/t25-,28+/m1/s1. The van der Waals surface area contributed by atoms with E-state index in [9.17, 15) is 18.0 Å². The Balaban J connectivity index is 2.11. The predicted octanol–water partition coefficient (Wildman–Crippen LogP) is 5.23. The molecule has 2 amide bonds. The average Bonchev–Trinajstić information content (AvgIpc) is 2.96. The van der Waals surface area contributed by atoms with Crippen LogP contribution in [0.25, 0.3) is 0 Å². The van der Waals surface area contributed by atoms with E-state index in [0.29, 0.717) is 12.2 Å². The van der Waals surface area contributed by atoms with Gasteiger partial charge in [0.15, 0.2) is 0 Å². The molecule has 0 unspecified atom stereocenters. The van der Waals surface area contributed by atoms with E-state index in [1.807, 2.05) is 71.0 Å². The zero-order chi connectivity index (χ0) is 30.2. The van der Waals surface area contributed by atoms with E-state index in [4.69, 9.17) is 4.74 Å². The number of hydrogen-bond donors (Lipinski definition) is 1. The number of nitrogens with one attached hydrogen (secondary N) is 1. The van der Waals surface area contributed by atoms with Gasteiger partial charge in [-0.05, 0) is 69.0 Å². The van der Waals surface area contributed by atoms with Gasteiger partial charge >= 0.3 is 0 Å². The van der Waals surface area contributed by atoms with Gasteiger partial charge in [0, 0.05) is 12.6 Å². The van der Waals surface area contributed by atoms with E-state index < -0.39 is 28.5 Å². The number of ether oxygens (including phenoxy) is 1. The van der Waals surface area contributed by atoms with E-state index in [-0.39, 0.29) is 29.1 Å². The van der Waals surface area contributed by atoms with Crippen molar-refractivity contribution in [3.8, 4) is 5.75 Å². The molecule has 41 heavy (non-hydrogen) atoms. The Morgan fingerprint density at radius 1 is 0.902 bits per heavy atom. The van der Waals surface area contributed by atoms with Crippen LogP contribution in [0.15, 0.2) is 77.7 Å². The van der Waals surface area contributed by atoms with E-state index in [1.165, 1.54) is 24.1 Å². The van der Waals surface area contributed by atoms with Crippen molar-refractivity contribution in [2.75, 3.05) is 18.0 Å². The van der Waals surface area contributed by atoms with Gasteiger partial charge in [-0.2, -0.15) is 0 Å². The van der Waals surface area contributed by atoms with Gasteiger partial charge in [-0.1, -0.05) is 67.9 Å². The van der Waals surface area contributed by atoms with Gasteiger partial charge in [-0.15, -0.1) is 0 Å².